The molecule has 0 bridgehead atoms. The SMILES string of the molecule is CNS(=O)(=O)c1ccc(N)c(NCC2CCCCN2C)c1. The molecule has 1 atom stereocenters. The number of hydrogen-bond donors (Lipinski definition) is 3. The first kappa shape index (κ1) is 16.1. The van der Waals surface area contributed by atoms with Crippen molar-refractivity contribution in [2.45, 2.75) is 30.2 Å². The lowest BCUT2D eigenvalue weighted by molar-refractivity contribution is 0.194. The summed E-state index contributed by atoms with van der Waals surface area (Å²) in [5.41, 5.74) is 7.16. The number of nitrogens with zero attached hydrogens (tertiary/aromatic N) is 1. The van der Waals surface area contributed by atoms with Crippen LogP contribution in [-0.2, 0) is 10.0 Å². The van der Waals surface area contributed by atoms with Gasteiger partial charge in [0.1, 0.15) is 0 Å². The summed E-state index contributed by atoms with van der Waals surface area (Å²) in [4.78, 5) is 2.56. The number of nitrogens with one attached hydrogen (secondary N) is 2. The van der Waals surface area contributed by atoms with E-state index in [0.717, 1.165) is 19.5 Å². The van der Waals surface area contributed by atoms with Gasteiger partial charge in [-0.3, -0.25) is 0 Å². The number of likely N-dealkylation sites (N-methyl/N-ethyl adjacent to an activating group) is 1. The minimum Gasteiger partial charge on any atom is -0.397 e. The largest absolute Gasteiger partial charge is 0.397 e. The molecule has 0 saturated carbocycles. The molecule has 21 heavy (non-hydrogen) atoms. The average molecular weight is 312 g/mol. The van der Waals surface area contributed by atoms with E-state index < -0.39 is 10.0 Å². The van der Waals surface area contributed by atoms with Gasteiger partial charge in [-0.05, 0) is 51.7 Å². The molecule has 1 aromatic carbocycles. The molecule has 7 heteroatoms. The molecule has 1 unspecified atom stereocenters. The number of nitrogen functional groups attached to an aromatic ring is 1. The molecular formula is C14H24N4O2S. The van der Waals surface area contributed by atoms with Crippen LogP contribution in [0.5, 0.6) is 0 Å². The number of benzene rings is 1. The van der Waals surface area contributed by atoms with Crippen LogP contribution in [0.3, 0.4) is 0 Å². The first-order valence-corrected chi connectivity index (χ1v) is 8.69. The summed E-state index contributed by atoms with van der Waals surface area (Å²) in [6.45, 7) is 1.87. The second kappa shape index (κ2) is 6.64. The van der Waals surface area contributed by atoms with Crippen molar-refractivity contribution in [3.8, 4) is 0 Å². The Morgan fingerprint density at radius 3 is 2.81 bits per heavy atom. The molecule has 1 aromatic rings. The fraction of sp³-hybridized carbons (Fsp3) is 0.571. The molecule has 2 rings (SSSR count). The monoisotopic (exact) mass is 312 g/mol. The Morgan fingerprint density at radius 2 is 2.14 bits per heavy atom. The third-order valence-electron chi connectivity index (χ3n) is 4.05. The van der Waals surface area contributed by atoms with Gasteiger partial charge in [-0.2, -0.15) is 0 Å². The highest BCUT2D eigenvalue weighted by Gasteiger charge is 2.19. The summed E-state index contributed by atoms with van der Waals surface area (Å²) >= 11 is 0. The zero-order valence-corrected chi connectivity index (χ0v) is 13.4. The molecule has 1 aliphatic heterocycles. The van der Waals surface area contributed by atoms with Crippen LogP contribution in [0.15, 0.2) is 23.1 Å². The maximum absolute atomic E-state index is 11.8. The quantitative estimate of drug-likeness (QED) is 0.708. The zero-order valence-electron chi connectivity index (χ0n) is 12.6. The van der Waals surface area contributed by atoms with Crippen molar-refractivity contribution >= 4 is 21.4 Å². The van der Waals surface area contributed by atoms with E-state index in [1.54, 1.807) is 12.1 Å². The third kappa shape index (κ3) is 3.87. The van der Waals surface area contributed by atoms with Crippen LogP contribution in [0.2, 0.25) is 0 Å². The van der Waals surface area contributed by atoms with Crippen LogP contribution in [0.4, 0.5) is 11.4 Å². The van der Waals surface area contributed by atoms with E-state index in [0.29, 0.717) is 17.4 Å². The van der Waals surface area contributed by atoms with Crippen molar-refractivity contribution in [2.75, 3.05) is 38.2 Å². The van der Waals surface area contributed by atoms with Crippen molar-refractivity contribution in [2.24, 2.45) is 0 Å². The minimum atomic E-state index is -3.45. The molecule has 1 fully saturated rings. The van der Waals surface area contributed by atoms with Crippen molar-refractivity contribution < 1.29 is 8.42 Å². The minimum absolute atomic E-state index is 0.221. The van der Waals surface area contributed by atoms with Gasteiger partial charge in [0.2, 0.25) is 10.0 Å². The Hall–Kier alpha value is -1.31. The number of likely N-dealkylation sites (tertiary alicyclic amines) is 1. The maximum Gasteiger partial charge on any atom is 0.240 e. The van der Waals surface area contributed by atoms with Gasteiger partial charge in [0.25, 0.3) is 0 Å². The van der Waals surface area contributed by atoms with Gasteiger partial charge in [0.15, 0.2) is 0 Å². The van der Waals surface area contributed by atoms with E-state index in [9.17, 15) is 8.42 Å². The van der Waals surface area contributed by atoms with Crippen LogP contribution < -0.4 is 15.8 Å². The molecular weight excluding hydrogens is 288 g/mol. The standard InChI is InChI=1S/C14H24N4O2S/c1-16-21(19,20)12-6-7-13(15)14(9-12)17-10-11-5-3-4-8-18(11)2/h6-7,9,11,16-17H,3-5,8,10,15H2,1-2H3. The topological polar surface area (TPSA) is 87.5 Å². The van der Waals surface area contributed by atoms with E-state index >= 15 is 0 Å². The Bertz CT molecular complexity index is 589. The van der Waals surface area contributed by atoms with Gasteiger partial charge >= 0.3 is 0 Å². The Balaban J connectivity index is 2.10. The van der Waals surface area contributed by atoms with Crippen LogP contribution >= 0.6 is 0 Å². The summed E-state index contributed by atoms with van der Waals surface area (Å²) in [6, 6.07) is 5.18. The zero-order chi connectivity index (χ0) is 15.5. The van der Waals surface area contributed by atoms with E-state index in [2.05, 4.69) is 22.0 Å². The summed E-state index contributed by atoms with van der Waals surface area (Å²) in [6.07, 6.45) is 3.63. The van der Waals surface area contributed by atoms with Gasteiger partial charge in [-0.25, -0.2) is 13.1 Å². The van der Waals surface area contributed by atoms with Crippen molar-refractivity contribution in [1.29, 1.82) is 0 Å². The molecule has 0 aliphatic carbocycles. The lowest BCUT2D eigenvalue weighted by atomic mass is 10.0. The van der Waals surface area contributed by atoms with Gasteiger partial charge < -0.3 is 16.0 Å². The molecule has 1 heterocycles. The molecule has 1 saturated heterocycles. The lowest BCUT2D eigenvalue weighted by Gasteiger charge is -2.32. The first-order valence-electron chi connectivity index (χ1n) is 7.21. The smallest absolute Gasteiger partial charge is 0.240 e. The van der Waals surface area contributed by atoms with E-state index in [1.807, 2.05) is 0 Å². The lowest BCUT2D eigenvalue weighted by Crippen LogP contribution is -2.40. The summed E-state index contributed by atoms with van der Waals surface area (Å²) in [5.74, 6) is 0. The van der Waals surface area contributed by atoms with E-state index in [-0.39, 0.29) is 4.90 Å². The summed E-state index contributed by atoms with van der Waals surface area (Å²) in [7, 11) is 0.0730. The van der Waals surface area contributed by atoms with Crippen LogP contribution in [0, 0.1) is 0 Å². The highest BCUT2D eigenvalue weighted by molar-refractivity contribution is 7.89. The molecule has 0 amide bonds. The fourth-order valence-corrected chi connectivity index (χ4v) is 3.36. The van der Waals surface area contributed by atoms with E-state index in [4.69, 9.17) is 5.73 Å². The predicted octanol–water partition coefficient (Wildman–Crippen LogP) is 1.07. The summed E-state index contributed by atoms with van der Waals surface area (Å²) < 4.78 is 26.0. The molecule has 0 aromatic heterocycles. The van der Waals surface area contributed by atoms with Crippen molar-refractivity contribution in [1.82, 2.24) is 9.62 Å². The Kier molecular flexibility index (Phi) is 5.08. The van der Waals surface area contributed by atoms with Gasteiger partial charge in [0.05, 0.1) is 16.3 Å². The van der Waals surface area contributed by atoms with Gasteiger partial charge in [-0.1, -0.05) is 6.42 Å². The molecule has 1 aliphatic rings. The van der Waals surface area contributed by atoms with Gasteiger partial charge in [0, 0.05) is 12.6 Å². The number of piperidine rings is 1. The predicted molar refractivity (Wildman–Crippen MR) is 85.9 cm³/mol. The number of nitrogens with two attached hydrogens (primary N) is 1. The fourth-order valence-electron chi connectivity index (χ4n) is 2.60. The van der Waals surface area contributed by atoms with Gasteiger partial charge in [-0.15, -0.1) is 0 Å². The third-order valence-corrected chi connectivity index (χ3v) is 5.47. The van der Waals surface area contributed by atoms with Crippen molar-refractivity contribution in [3.63, 3.8) is 0 Å². The maximum atomic E-state index is 11.8. The second-order valence-corrected chi connectivity index (χ2v) is 7.35. The first-order chi connectivity index (χ1) is 9.94. The normalized spacial score (nSPS) is 20.4. The number of anilines is 2. The Morgan fingerprint density at radius 1 is 1.38 bits per heavy atom. The van der Waals surface area contributed by atoms with Crippen molar-refractivity contribution in [3.05, 3.63) is 18.2 Å². The molecule has 4 N–H and O–H groups in total. The van der Waals surface area contributed by atoms with Crippen LogP contribution in [-0.4, -0.2) is 46.5 Å². The Labute approximate surface area is 126 Å². The number of rotatable bonds is 5. The van der Waals surface area contributed by atoms with Crippen LogP contribution in [0.1, 0.15) is 19.3 Å². The van der Waals surface area contributed by atoms with Crippen LogP contribution in [0.25, 0.3) is 0 Å². The molecule has 0 spiro atoms. The second-order valence-electron chi connectivity index (χ2n) is 5.47. The number of hydrogen-bond acceptors (Lipinski definition) is 5. The molecule has 118 valence electrons. The summed E-state index contributed by atoms with van der Waals surface area (Å²) in [5, 5.41) is 3.29. The highest BCUT2D eigenvalue weighted by Crippen LogP contribution is 2.24. The average Bonchev–Trinajstić information content (AvgIpc) is 2.47. The van der Waals surface area contributed by atoms with E-state index in [1.165, 1.54) is 26.0 Å². The molecule has 6 nitrogen and oxygen atoms in total. The molecule has 0 radical (unpaired) electrons. The highest BCUT2D eigenvalue weighted by atomic mass is 32.2. The number of sulfonamides is 1.